The molecule has 0 radical (unpaired) electrons. The van der Waals surface area contributed by atoms with Gasteiger partial charge < -0.3 is 14.9 Å². The van der Waals surface area contributed by atoms with E-state index in [2.05, 4.69) is 22.3 Å². The van der Waals surface area contributed by atoms with Crippen molar-refractivity contribution in [2.45, 2.75) is 51.5 Å². The SMILES string of the molecule is C=O.C=O.C[C@H]1CC[C@@H](C(=O)NCc2cn(-c3cnc(C(F)(F)F)s3)nc2Cl)N1C.Cc1ccc(F)cc1. The van der Waals surface area contributed by atoms with Gasteiger partial charge in [-0.2, -0.15) is 18.3 Å². The smallest absolute Gasteiger partial charge is 0.350 e. The minimum absolute atomic E-state index is 0.0992. The van der Waals surface area contributed by atoms with Gasteiger partial charge in [0.05, 0.1) is 12.2 Å². The average Bonchev–Trinajstić information content (AvgIpc) is 3.62. The van der Waals surface area contributed by atoms with Gasteiger partial charge in [-0.1, -0.05) is 40.6 Å². The number of aryl methyl sites for hydroxylation is 1. The molecule has 0 spiro atoms. The summed E-state index contributed by atoms with van der Waals surface area (Å²) in [4.78, 5) is 33.7. The van der Waals surface area contributed by atoms with Gasteiger partial charge in [0.25, 0.3) is 0 Å². The number of nitrogens with one attached hydrogen (secondary N) is 1. The molecule has 1 N–H and O–H groups in total. The summed E-state index contributed by atoms with van der Waals surface area (Å²) >= 11 is 6.53. The highest BCUT2D eigenvalue weighted by atomic mass is 35.5. The molecule has 38 heavy (non-hydrogen) atoms. The van der Waals surface area contributed by atoms with E-state index < -0.39 is 11.2 Å². The molecule has 1 aromatic carbocycles. The van der Waals surface area contributed by atoms with E-state index in [4.69, 9.17) is 21.2 Å². The van der Waals surface area contributed by atoms with Crippen molar-refractivity contribution >= 4 is 42.4 Å². The Hall–Kier alpha value is -3.16. The highest BCUT2D eigenvalue weighted by Crippen LogP contribution is 2.34. The minimum atomic E-state index is -4.50. The van der Waals surface area contributed by atoms with Crippen molar-refractivity contribution in [1.29, 1.82) is 0 Å². The predicted octanol–water partition coefficient (Wildman–Crippen LogP) is 4.86. The van der Waals surface area contributed by atoms with Crippen LogP contribution >= 0.6 is 22.9 Å². The Morgan fingerprint density at radius 1 is 1.18 bits per heavy atom. The fourth-order valence-electron chi connectivity index (χ4n) is 3.39. The number of carbonyl (C=O) groups is 3. The maximum Gasteiger partial charge on any atom is 0.443 e. The zero-order chi connectivity index (χ0) is 29.0. The second kappa shape index (κ2) is 15.3. The number of carbonyl (C=O) groups excluding carboxylic acids is 3. The predicted molar refractivity (Wildman–Crippen MR) is 137 cm³/mol. The van der Waals surface area contributed by atoms with E-state index in [-0.39, 0.29) is 34.5 Å². The molecule has 1 fully saturated rings. The first-order chi connectivity index (χ1) is 18.0. The Balaban J connectivity index is 0.000000505. The second-order valence-corrected chi connectivity index (χ2v) is 9.38. The Morgan fingerprint density at radius 3 is 2.26 bits per heavy atom. The van der Waals surface area contributed by atoms with Crippen LogP contribution in [0, 0.1) is 12.7 Å². The van der Waals surface area contributed by atoms with Crippen molar-refractivity contribution in [3.63, 3.8) is 0 Å². The van der Waals surface area contributed by atoms with Gasteiger partial charge in [-0.25, -0.2) is 14.1 Å². The van der Waals surface area contributed by atoms with Crippen LogP contribution < -0.4 is 5.32 Å². The molecule has 2 atom stereocenters. The third-order valence-electron chi connectivity index (χ3n) is 5.51. The van der Waals surface area contributed by atoms with Crippen LogP contribution in [0.25, 0.3) is 5.00 Å². The molecule has 3 aromatic rings. The summed E-state index contributed by atoms with van der Waals surface area (Å²) in [6.07, 6.45) is -0.162. The van der Waals surface area contributed by atoms with Gasteiger partial charge in [-0.15, -0.1) is 0 Å². The van der Waals surface area contributed by atoms with E-state index in [1.807, 2.05) is 32.4 Å². The molecule has 4 rings (SSSR count). The van der Waals surface area contributed by atoms with E-state index in [1.165, 1.54) is 23.0 Å². The third kappa shape index (κ3) is 9.30. The van der Waals surface area contributed by atoms with Crippen LogP contribution in [0.4, 0.5) is 17.6 Å². The van der Waals surface area contributed by atoms with Crippen molar-refractivity contribution in [1.82, 2.24) is 25.0 Å². The van der Waals surface area contributed by atoms with Crippen LogP contribution in [-0.2, 0) is 27.1 Å². The van der Waals surface area contributed by atoms with Gasteiger partial charge in [0.2, 0.25) is 5.91 Å². The number of amides is 1. The van der Waals surface area contributed by atoms with Crippen LogP contribution in [0.2, 0.25) is 5.15 Å². The van der Waals surface area contributed by atoms with E-state index in [0.717, 1.165) is 24.6 Å². The summed E-state index contributed by atoms with van der Waals surface area (Å²) in [5.74, 6) is -0.270. The number of benzene rings is 1. The summed E-state index contributed by atoms with van der Waals surface area (Å²) in [6, 6.07) is 6.57. The standard InChI is InChI=1S/C15H17ClF3N5OS.C7H7F.2CH2O/c1-8-3-4-10(23(8)2)13(25)20-5-9-7-24(22-12(9)16)11-6-21-14(26-11)15(17,18)19;1-6-2-4-7(8)5-3-6;2*1-2/h6-8,10H,3-5H2,1-2H3,(H,20,25);2-5H,1H3;2*1H2/t8-,10-;;;/m0.../s1. The number of halogens is 5. The van der Waals surface area contributed by atoms with Crippen LogP contribution in [0.15, 0.2) is 36.7 Å². The van der Waals surface area contributed by atoms with Crippen LogP contribution in [0.1, 0.15) is 35.9 Å². The van der Waals surface area contributed by atoms with Gasteiger partial charge in [0.15, 0.2) is 10.2 Å². The lowest BCUT2D eigenvalue weighted by Crippen LogP contribution is -2.43. The normalized spacial score (nSPS) is 16.7. The Kier molecular flexibility index (Phi) is 13.2. The number of hydrogen-bond acceptors (Lipinski definition) is 7. The lowest BCUT2D eigenvalue weighted by atomic mass is 10.2. The number of nitrogens with zero attached hydrogens (tertiary/aromatic N) is 4. The summed E-state index contributed by atoms with van der Waals surface area (Å²) in [6.45, 7) is 8.15. The molecule has 1 saturated heterocycles. The lowest BCUT2D eigenvalue weighted by molar-refractivity contribution is -0.137. The molecule has 8 nitrogen and oxygen atoms in total. The molecular formula is C24H28ClF4N5O3S. The van der Waals surface area contributed by atoms with Gasteiger partial charge in [-0.3, -0.25) is 9.69 Å². The number of thiazole rings is 1. The second-order valence-electron chi connectivity index (χ2n) is 8.01. The summed E-state index contributed by atoms with van der Waals surface area (Å²) in [7, 11) is 1.91. The van der Waals surface area contributed by atoms with Crippen LogP contribution in [-0.4, -0.2) is 58.3 Å². The van der Waals surface area contributed by atoms with E-state index >= 15 is 0 Å². The highest BCUT2D eigenvalue weighted by molar-refractivity contribution is 7.14. The van der Waals surface area contributed by atoms with Crippen molar-refractivity contribution in [3.8, 4) is 5.00 Å². The van der Waals surface area contributed by atoms with Crippen molar-refractivity contribution < 1.29 is 31.9 Å². The largest absolute Gasteiger partial charge is 0.443 e. The molecule has 0 aliphatic carbocycles. The summed E-state index contributed by atoms with van der Waals surface area (Å²) in [5, 5.41) is 6.19. The number of alkyl halides is 3. The Bertz CT molecular complexity index is 1130. The van der Waals surface area contributed by atoms with Crippen molar-refractivity contribution in [3.05, 3.63) is 63.8 Å². The fourth-order valence-corrected chi connectivity index (χ4v) is 4.29. The molecule has 1 amide bonds. The average molecular weight is 578 g/mol. The number of hydrogen-bond donors (Lipinski definition) is 1. The van der Waals surface area contributed by atoms with Gasteiger partial charge in [0, 0.05) is 24.3 Å². The molecule has 2 aromatic heterocycles. The van der Waals surface area contributed by atoms with Crippen LogP contribution in [0.5, 0.6) is 0 Å². The molecule has 3 heterocycles. The lowest BCUT2D eigenvalue weighted by Gasteiger charge is -2.22. The Labute approximate surface area is 226 Å². The van der Waals surface area contributed by atoms with E-state index in [9.17, 15) is 22.4 Å². The topological polar surface area (TPSA) is 97.2 Å². The first-order valence-corrected chi connectivity index (χ1v) is 12.2. The first-order valence-electron chi connectivity index (χ1n) is 11.0. The summed E-state index contributed by atoms with van der Waals surface area (Å²) in [5.41, 5.74) is 1.61. The molecule has 0 bridgehead atoms. The Morgan fingerprint density at radius 2 is 1.79 bits per heavy atom. The number of likely N-dealkylation sites (N-methyl/N-ethyl adjacent to an activating group) is 1. The van der Waals surface area contributed by atoms with Gasteiger partial charge in [0.1, 0.15) is 24.4 Å². The quantitative estimate of drug-likeness (QED) is 0.445. The zero-order valence-corrected chi connectivity index (χ0v) is 22.5. The molecule has 0 saturated carbocycles. The number of rotatable bonds is 4. The van der Waals surface area contributed by atoms with Crippen molar-refractivity contribution in [2.75, 3.05) is 7.05 Å². The minimum Gasteiger partial charge on any atom is -0.350 e. The maximum atomic E-state index is 12.7. The number of likely N-dealkylation sites (tertiary alicyclic amines) is 1. The van der Waals surface area contributed by atoms with E-state index in [0.29, 0.717) is 22.9 Å². The molecule has 0 unspecified atom stereocenters. The number of aromatic nitrogens is 3. The van der Waals surface area contributed by atoms with Gasteiger partial charge >= 0.3 is 6.18 Å². The zero-order valence-electron chi connectivity index (χ0n) is 21.0. The first kappa shape index (κ1) is 32.9. The summed E-state index contributed by atoms with van der Waals surface area (Å²) < 4.78 is 51.3. The third-order valence-corrected chi connectivity index (χ3v) is 6.86. The molecule has 1 aliphatic rings. The highest BCUT2D eigenvalue weighted by Gasteiger charge is 2.35. The van der Waals surface area contributed by atoms with Crippen molar-refractivity contribution in [2.24, 2.45) is 0 Å². The molecule has 208 valence electrons. The van der Waals surface area contributed by atoms with Crippen LogP contribution in [0.3, 0.4) is 0 Å². The maximum absolute atomic E-state index is 12.7. The van der Waals surface area contributed by atoms with Gasteiger partial charge in [-0.05, 0) is 45.9 Å². The monoisotopic (exact) mass is 577 g/mol. The fraction of sp³-hybridized carbons (Fsp3) is 0.375. The van der Waals surface area contributed by atoms with E-state index in [1.54, 1.807) is 12.1 Å². The molecule has 14 heteroatoms. The molecule has 1 aliphatic heterocycles. The molecular weight excluding hydrogens is 550 g/mol.